The highest BCUT2D eigenvalue weighted by Gasteiger charge is 2.26. The van der Waals surface area contributed by atoms with Gasteiger partial charge in [0, 0.05) is 30.6 Å². The molecule has 1 aliphatic heterocycles. The van der Waals surface area contributed by atoms with Crippen molar-refractivity contribution in [2.45, 2.75) is 38.7 Å². The first-order chi connectivity index (χ1) is 13.2. The van der Waals surface area contributed by atoms with Crippen molar-refractivity contribution in [3.05, 3.63) is 53.3 Å². The number of amides is 1. The SMILES string of the molecule is CCCCOc1ccc(C(=O)N2CCCC(Oc3ccncc3Cl)C2)cc1. The number of piperidine rings is 1. The molecular formula is C21H25ClN2O3. The normalized spacial score (nSPS) is 16.8. The highest BCUT2D eigenvalue weighted by atomic mass is 35.5. The number of pyridine rings is 1. The van der Waals surface area contributed by atoms with Crippen LogP contribution in [0.2, 0.25) is 5.02 Å². The van der Waals surface area contributed by atoms with Crippen molar-refractivity contribution in [1.82, 2.24) is 9.88 Å². The summed E-state index contributed by atoms with van der Waals surface area (Å²) in [7, 11) is 0. The molecule has 0 aliphatic carbocycles. The number of carbonyl (C=O) groups excluding carboxylic acids is 1. The summed E-state index contributed by atoms with van der Waals surface area (Å²) in [5.41, 5.74) is 0.667. The number of benzene rings is 1. The van der Waals surface area contributed by atoms with Crippen LogP contribution < -0.4 is 9.47 Å². The molecule has 3 rings (SSSR count). The molecule has 0 spiro atoms. The van der Waals surface area contributed by atoms with Crippen molar-refractivity contribution in [1.29, 1.82) is 0 Å². The number of carbonyl (C=O) groups is 1. The van der Waals surface area contributed by atoms with Crippen LogP contribution in [0.5, 0.6) is 11.5 Å². The van der Waals surface area contributed by atoms with Crippen molar-refractivity contribution >= 4 is 17.5 Å². The Morgan fingerprint density at radius 2 is 2.11 bits per heavy atom. The van der Waals surface area contributed by atoms with Crippen LogP contribution in [-0.2, 0) is 0 Å². The number of nitrogens with zero attached hydrogens (tertiary/aromatic N) is 2. The van der Waals surface area contributed by atoms with Gasteiger partial charge in [0.2, 0.25) is 0 Å². The molecule has 0 saturated carbocycles. The van der Waals surface area contributed by atoms with Gasteiger partial charge in [-0.15, -0.1) is 0 Å². The summed E-state index contributed by atoms with van der Waals surface area (Å²) >= 11 is 6.12. The number of aromatic nitrogens is 1. The van der Waals surface area contributed by atoms with Gasteiger partial charge in [0.25, 0.3) is 5.91 Å². The Kier molecular flexibility index (Phi) is 6.93. The molecule has 1 atom stereocenters. The van der Waals surface area contributed by atoms with E-state index in [1.165, 1.54) is 0 Å². The molecule has 5 nitrogen and oxygen atoms in total. The van der Waals surface area contributed by atoms with Gasteiger partial charge >= 0.3 is 0 Å². The van der Waals surface area contributed by atoms with E-state index in [-0.39, 0.29) is 12.0 Å². The van der Waals surface area contributed by atoms with E-state index in [0.717, 1.165) is 38.0 Å². The molecule has 1 unspecified atom stereocenters. The third-order valence-corrected chi connectivity index (χ3v) is 4.85. The van der Waals surface area contributed by atoms with Gasteiger partial charge in [0.05, 0.1) is 13.2 Å². The number of ether oxygens (including phenoxy) is 2. The molecule has 1 saturated heterocycles. The van der Waals surface area contributed by atoms with Crippen LogP contribution in [0, 0.1) is 0 Å². The first-order valence-electron chi connectivity index (χ1n) is 9.45. The van der Waals surface area contributed by atoms with E-state index in [2.05, 4.69) is 11.9 Å². The first-order valence-corrected chi connectivity index (χ1v) is 9.83. The summed E-state index contributed by atoms with van der Waals surface area (Å²) in [5, 5.41) is 0.486. The zero-order chi connectivity index (χ0) is 19.1. The molecule has 2 aromatic rings. The van der Waals surface area contributed by atoms with E-state index >= 15 is 0 Å². The highest BCUT2D eigenvalue weighted by Crippen LogP contribution is 2.26. The quantitative estimate of drug-likeness (QED) is 0.650. The van der Waals surface area contributed by atoms with Gasteiger partial charge in [-0.2, -0.15) is 0 Å². The second-order valence-corrected chi connectivity index (χ2v) is 7.07. The van der Waals surface area contributed by atoms with E-state index in [9.17, 15) is 4.79 Å². The molecule has 6 heteroatoms. The molecule has 0 N–H and O–H groups in total. The van der Waals surface area contributed by atoms with Crippen molar-refractivity contribution in [2.24, 2.45) is 0 Å². The molecule has 0 bridgehead atoms. The third-order valence-electron chi connectivity index (χ3n) is 4.56. The van der Waals surface area contributed by atoms with Gasteiger partial charge in [0.15, 0.2) is 0 Å². The number of rotatable bonds is 7. The maximum atomic E-state index is 12.8. The lowest BCUT2D eigenvalue weighted by molar-refractivity contribution is 0.0538. The zero-order valence-corrected chi connectivity index (χ0v) is 16.3. The van der Waals surface area contributed by atoms with Crippen molar-refractivity contribution < 1.29 is 14.3 Å². The van der Waals surface area contributed by atoms with Crippen molar-refractivity contribution in [3.8, 4) is 11.5 Å². The third kappa shape index (κ3) is 5.36. The van der Waals surface area contributed by atoms with E-state index in [1.807, 2.05) is 29.2 Å². The number of hydrogen-bond donors (Lipinski definition) is 0. The number of halogens is 1. The number of hydrogen-bond acceptors (Lipinski definition) is 4. The minimum Gasteiger partial charge on any atom is -0.494 e. The summed E-state index contributed by atoms with van der Waals surface area (Å²) in [6, 6.07) is 9.12. The van der Waals surface area contributed by atoms with E-state index in [1.54, 1.807) is 18.5 Å². The smallest absolute Gasteiger partial charge is 0.253 e. The molecule has 144 valence electrons. The lowest BCUT2D eigenvalue weighted by atomic mass is 10.1. The monoisotopic (exact) mass is 388 g/mol. The standard InChI is InChI=1S/C21H25ClN2O3/c1-2-3-13-26-17-8-6-16(7-9-17)21(25)24-12-4-5-18(15-24)27-20-10-11-23-14-19(20)22/h6-11,14,18H,2-5,12-13,15H2,1H3. The van der Waals surface area contributed by atoms with E-state index < -0.39 is 0 Å². The Bertz CT molecular complexity index is 751. The van der Waals surface area contributed by atoms with Crippen LogP contribution in [0.15, 0.2) is 42.7 Å². The van der Waals surface area contributed by atoms with Gasteiger partial charge in [-0.05, 0) is 43.5 Å². The molecule has 1 fully saturated rings. The van der Waals surface area contributed by atoms with Crippen LogP contribution in [0.3, 0.4) is 0 Å². The summed E-state index contributed by atoms with van der Waals surface area (Å²) in [6.07, 6.45) is 7.06. The zero-order valence-electron chi connectivity index (χ0n) is 15.6. The topological polar surface area (TPSA) is 51.7 Å². The lowest BCUT2D eigenvalue weighted by Gasteiger charge is -2.33. The maximum Gasteiger partial charge on any atom is 0.253 e. The van der Waals surface area contributed by atoms with Gasteiger partial charge in [-0.3, -0.25) is 9.78 Å². The van der Waals surface area contributed by atoms with Crippen LogP contribution in [0.25, 0.3) is 0 Å². The molecule has 1 aromatic carbocycles. The minimum absolute atomic E-state index is 0.0178. The molecule has 27 heavy (non-hydrogen) atoms. The predicted molar refractivity (Wildman–Crippen MR) is 106 cm³/mol. The van der Waals surface area contributed by atoms with Crippen LogP contribution in [-0.4, -0.2) is 41.6 Å². The van der Waals surface area contributed by atoms with Gasteiger partial charge in [-0.25, -0.2) is 0 Å². The summed E-state index contributed by atoms with van der Waals surface area (Å²) < 4.78 is 11.6. The lowest BCUT2D eigenvalue weighted by Crippen LogP contribution is -2.44. The Balaban J connectivity index is 1.58. The minimum atomic E-state index is -0.0701. The average molecular weight is 389 g/mol. The Morgan fingerprint density at radius 3 is 2.85 bits per heavy atom. The summed E-state index contributed by atoms with van der Waals surface area (Å²) in [5.74, 6) is 1.43. The molecule has 1 aliphatic rings. The fourth-order valence-corrected chi connectivity index (χ4v) is 3.23. The van der Waals surface area contributed by atoms with Crippen molar-refractivity contribution in [2.75, 3.05) is 19.7 Å². The predicted octanol–water partition coefficient (Wildman–Crippen LogP) is 4.60. The van der Waals surface area contributed by atoms with Crippen molar-refractivity contribution in [3.63, 3.8) is 0 Å². The Morgan fingerprint density at radius 1 is 1.30 bits per heavy atom. The van der Waals surface area contributed by atoms with E-state index in [4.69, 9.17) is 21.1 Å². The molecule has 0 radical (unpaired) electrons. The number of unbranched alkanes of at least 4 members (excludes halogenated alkanes) is 1. The first kappa shape index (κ1) is 19.5. The molecular weight excluding hydrogens is 364 g/mol. The molecule has 1 amide bonds. The Labute approximate surface area is 165 Å². The van der Waals surface area contributed by atoms with Gasteiger partial charge in [0.1, 0.15) is 22.6 Å². The van der Waals surface area contributed by atoms with Gasteiger partial charge in [-0.1, -0.05) is 24.9 Å². The second-order valence-electron chi connectivity index (χ2n) is 6.67. The summed E-state index contributed by atoms with van der Waals surface area (Å²) in [6.45, 7) is 4.11. The molecule has 2 heterocycles. The number of likely N-dealkylation sites (tertiary alicyclic amines) is 1. The van der Waals surface area contributed by atoms with Crippen LogP contribution >= 0.6 is 11.6 Å². The van der Waals surface area contributed by atoms with Crippen LogP contribution in [0.4, 0.5) is 0 Å². The van der Waals surface area contributed by atoms with Gasteiger partial charge < -0.3 is 14.4 Å². The largest absolute Gasteiger partial charge is 0.494 e. The second kappa shape index (κ2) is 9.60. The molecule has 1 aromatic heterocycles. The van der Waals surface area contributed by atoms with Crippen LogP contribution in [0.1, 0.15) is 43.0 Å². The Hall–Kier alpha value is -2.27. The van der Waals surface area contributed by atoms with E-state index in [0.29, 0.717) is 29.5 Å². The maximum absolute atomic E-state index is 12.8. The summed E-state index contributed by atoms with van der Waals surface area (Å²) in [4.78, 5) is 18.6. The fraction of sp³-hybridized carbons (Fsp3) is 0.429. The highest BCUT2D eigenvalue weighted by molar-refractivity contribution is 6.31. The average Bonchev–Trinajstić information content (AvgIpc) is 2.70. The fourth-order valence-electron chi connectivity index (χ4n) is 3.07.